The number of morpholine rings is 1. The highest BCUT2D eigenvalue weighted by atomic mass is 16.5. The Kier molecular flexibility index (Phi) is 6.38. The van der Waals surface area contributed by atoms with Crippen molar-refractivity contribution in [1.82, 2.24) is 20.2 Å². The summed E-state index contributed by atoms with van der Waals surface area (Å²) in [7, 11) is 0. The van der Waals surface area contributed by atoms with Gasteiger partial charge in [0, 0.05) is 56.0 Å². The first-order valence-corrected chi connectivity index (χ1v) is 10.1. The molecule has 0 unspecified atom stereocenters. The van der Waals surface area contributed by atoms with Crippen LogP contribution in [0, 0.1) is 0 Å². The van der Waals surface area contributed by atoms with Gasteiger partial charge in [-0.15, -0.1) is 0 Å². The summed E-state index contributed by atoms with van der Waals surface area (Å²) in [4.78, 5) is 22.2. The van der Waals surface area contributed by atoms with E-state index in [1.165, 1.54) is 10.9 Å². The zero-order chi connectivity index (χ0) is 19.9. The monoisotopic (exact) mass is 393 g/mol. The molecule has 1 amide bonds. The van der Waals surface area contributed by atoms with Gasteiger partial charge in [-0.25, -0.2) is 4.98 Å². The van der Waals surface area contributed by atoms with Crippen LogP contribution in [0.2, 0.25) is 0 Å². The van der Waals surface area contributed by atoms with Gasteiger partial charge in [0.2, 0.25) is 0 Å². The predicted molar refractivity (Wildman–Crippen MR) is 114 cm³/mol. The van der Waals surface area contributed by atoms with Gasteiger partial charge in [0.25, 0.3) is 5.91 Å². The highest BCUT2D eigenvalue weighted by molar-refractivity contribution is 5.94. The number of pyridine rings is 1. The van der Waals surface area contributed by atoms with Gasteiger partial charge in [-0.1, -0.05) is 18.2 Å². The van der Waals surface area contributed by atoms with Crippen LogP contribution in [0.1, 0.15) is 15.9 Å². The average molecular weight is 393 g/mol. The molecule has 3 N–H and O–H groups in total. The van der Waals surface area contributed by atoms with Gasteiger partial charge in [0.15, 0.2) is 0 Å². The van der Waals surface area contributed by atoms with Crippen molar-refractivity contribution in [2.24, 2.45) is 0 Å². The summed E-state index contributed by atoms with van der Waals surface area (Å²) in [5.41, 5.74) is 3.02. The quantitative estimate of drug-likeness (QED) is 0.547. The van der Waals surface area contributed by atoms with E-state index in [4.69, 9.17) is 4.74 Å². The molecule has 1 fully saturated rings. The molecule has 29 heavy (non-hydrogen) atoms. The molecule has 152 valence electrons. The minimum Gasteiger partial charge on any atom is -0.379 e. The zero-order valence-electron chi connectivity index (χ0n) is 16.5. The van der Waals surface area contributed by atoms with Crippen LogP contribution >= 0.6 is 0 Å². The van der Waals surface area contributed by atoms with Crippen LogP contribution in [0.3, 0.4) is 0 Å². The Labute approximate surface area is 170 Å². The van der Waals surface area contributed by atoms with Crippen molar-refractivity contribution in [2.75, 3.05) is 51.3 Å². The molecular formula is C22H27N5O2. The fourth-order valence-corrected chi connectivity index (χ4v) is 3.55. The van der Waals surface area contributed by atoms with Gasteiger partial charge in [-0.2, -0.15) is 0 Å². The lowest BCUT2D eigenvalue weighted by atomic mass is 10.1. The van der Waals surface area contributed by atoms with E-state index < -0.39 is 0 Å². The second-order valence-corrected chi connectivity index (χ2v) is 7.18. The van der Waals surface area contributed by atoms with E-state index in [0.717, 1.165) is 57.1 Å². The third-order valence-electron chi connectivity index (χ3n) is 5.22. The minimum atomic E-state index is -0.0869. The third-order valence-corrected chi connectivity index (χ3v) is 5.22. The Morgan fingerprint density at radius 1 is 1.14 bits per heavy atom. The van der Waals surface area contributed by atoms with E-state index in [9.17, 15) is 4.79 Å². The number of para-hydroxylation sites is 1. The first-order valence-electron chi connectivity index (χ1n) is 10.1. The maximum atomic E-state index is 12.3. The van der Waals surface area contributed by atoms with Crippen LogP contribution in [-0.4, -0.2) is 66.7 Å². The highest BCUT2D eigenvalue weighted by Gasteiger charge is 2.11. The summed E-state index contributed by atoms with van der Waals surface area (Å²) in [5.74, 6) is 0.686. The fraction of sp³-hybridized carbons (Fsp3) is 0.364. The molecule has 1 saturated heterocycles. The van der Waals surface area contributed by atoms with Gasteiger partial charge >= 0.3 is 0 Å². The normalized spacial score (nSPS) is 14.8. The topological polar surface area (TPSA) is 82.3 Å². The molecule has 0 bridgehead atoms. The maximum absolute atomic E-state index is 12.3. The summed E-state index contributed by atoms with van der Waals surface area (Å²) in [6, 6.07) is 12.0. The number of benzene rings is 1. The summed E-state index contributed by atoms with van der Waals surface area (Å²) >= 11 is 0. The number of carbonyl (C=O) groups excluding carboxylic acids is 1. The van der Waals surface area contributed by atoms with E-state index in [1.807, 2.05) is 18.2 Å². The van der Waals surface area contributed by atoms with E-state index in [-0.39, 0.29) is 5.91 Å². The number of H-pyrrole nitrogens is 1. The second kappa shape index (κ2) is 9.54. The van der Waals surface area contributed by atoms with E-state index in [1.54, 1.807) is 6.20 Å². The second-order valence-electron chi connectivity index (χ2n) is 7.18. The van der Waals surface area contributed by atoms with Crippen LogP contribution in [0.5, 0.6) is 0 Å². The predicted octanol–water partition coefficient (Wildman–Crippen LogP) is 2.28. The first kappa shape index (κ1) is 19.4. The fourth-order valence-electron chi connectivity index (χ4n) is 3.55. The molecule has 1 aromatic carbocycles. The van der Waals surface area contributed by atoms with Crippen LogP contribution in [0.4, 0.5) is 5.82 Å². The van der Waals surface area contributed by atoms with Gasteiger partial charge in [-0.3, -0.25) is 9.69 Å². The Hall–Kier alpha value is -2.90. The SMILES string of the molecule is O=C(NCCN1CCOCC1)c1ccc(NCCc2c[nH]c3ccccc23)nc1. The van der Waals surface area contributed by atoms with E-state index in [0.29, 0.717) is 12.1 Å². The maximum Gasteiger partial charge on any atom is 0.252 e. The molecule has 0 spiro atoms. The van der Waals surface area contributed by atoms with E-state index >= 15 is 0 Å². The van der Waals surface area contributed by atoms with Gasteiger partial charge < -0.3 is 20.4 Å². The largest absolute Gasteiger partial charge is 0.379 e. The number of nitrogens with zero attached hydrogens (tertiary/aromatic N) is 2. The molecule has 0 aliphatic carbocycles. The smallest absolute Gasteiger partial charge is 0.252 e. The van der Waals surface area contributed by atoms with Crippen molar-refractivity contribution in [3.05, 3.63) is 59.9 Å². The number of hydrogen-bond acceptors (Lipinski definition) is 5. The van der Waals surface area contributed by atoms with Crippen molar-refractivity contribution >= 4 is 22.6 Å². The molecular weight excluding hydrogens is 366 g/mol. The van der Waals surface area contributed by atoms with Crippen LogP contribution in [-0.2, 0) is 11.2 Å². The number of hydrogen-bond donors (Lipinski definition) is 3. The van der Waals surface area contributed by atoms with Gasteiger partial charge in [0.05, 0.1) is 18.8 Å². The molecule has 3 heterocycles. The zero-order valence-corrected chi connectivity index (χ0v) is 16.5. The summed E-state index contributed by atoms with van der Waals surface area (Å²) in [6.07, 6.45) is 4.58. The van der Waals surface area contributed by atoms with Crippen molar-refractivity contribution < 1.29 is 9.53 Å². The van der Waals surface area contributed by atoms with Gasteiger partial charge in [-0.05, 0) is 30.2 Å². The summed E-state index contributed by atoms with van der Waals surface area (Å²) in [5, 5.41) is 7.54. The third kappa shape index (κ3) is 5.13. The molecule has 4 rings (SSSR count). The molecule has 7 heteroatoms. The molecule has 7 nitrogen and oxygen atoms in total. The molecule has 0 radical (unpaired) electrons. The number of anilines is 1. The van der Waals surface area contributed by atoms with Crippen molar-refractivity contribution in [1.29, 1.82) is 0 Å². The molecule has 3 aromatic rings. The molecule has 0 saturated carbocycles. The van der Waals surface area contributed by atoms with Crippen molar-refractivity contribution in [3.63, 3.8) is 0 Å². The van der Waals surface area contributed by atoms with Crippen LogP contribution in [0.15, 0.2) is 48.8 Å². The minimum absolute atomic E-state index is 0.0869. The number of ether oxygens (including phenoxy) is 1. The number of aromatic nitrogens is 2. The van der Waals surface area contributed by atoms with Crippen LogP contribution in [0.25, 0.3) is 10.9 Å². The molecule has 1 aliphatic rings. The Bertz CT molecular complexity index is 932. The lowest BCUT2D eigenvalue weighted by Crippen LogP contribution is -2.41. The molecule has 1 aliphatic heterocycles. The highest BCUT2D eigenvalue weighted by Crippen LogP contribution is 2.18. The molecule has 0 atom stereocenters. The number of amides is 1. The van der Waals surface area contributed by atoms with Crippen molar-refractivity contribution in [3.8, 4) is 0 Å². The van der Waals surface area contributed by atoms with Crippen molar-refractivity contribution in [2.45, 2.75) is 6.42 Å². The van der Waals surface area contributed by atoms with Gasteiger partial charge in [0.1, 0.15) is 5.82 Å². The Balaban J connectivity index is 1.21. The average Bonchev–Trinajstić information content (AvgIpc) is 3.18. The number of nitrogens with one attached hydrogen (secondary N) is 3. The summed E-state index contributed by atoms with van der Waals surface area (Å²) < 4.78 is 5.33. The van der Waals surface area contributed by atoms with Crippen LogP contribution < -0.4 is 10.6 Å². The standard InChI is InChI=1S/C22H27N5O2/c28-22(24-9-10-27-11-13-29-14-12-27)18-5-6-21(26-16-18)23-8-7-17-15-25-20-4-2-1-3-19(17)20/h1-6,15-16,25H,7-14H2,(H,23,26)(H,24,28). The Morgan fingerprint density at radius 3 is 2.83 bits per heavy atom. The number of rotatable bonds is 8. The number of aromatic amines is 1. The first-order chi connectivity index (χ1) is 14.3. The summed E-state index contributed by atoms with van der Waals surface area (Å²) in [6.45, 7) is 5.64. The number of carbonyl (C=O) groups is 1. The van der Waals surface area contributed by atoms with E-state index in [2.05, 4.69) is 49.9 Å². The lowest BCUT2D eigenvalue weighted by molar-refractivity contribution is 0.0383. The lowest BCUT2D eigenvalue weighted by Gasteiger charge is -2.26. The molecule has 2 aromatic heterocycles. The Morgan fingerprint density at radius 2 is 2.00 bits per heavy atom. The number of fused-ring (bicyclic) bond motifs is 1.